The van der Waals surface area contributed by atoms with E-state index in [1.165, 1.54) is 19.2 Å². The first-order chi connectivity index (χ1) is 17.5. The average molecular weight is 493 g/mol. The highest BCUT2D eigenvalue weighted by molar-refractivity contribution is 5.93. The molecule has 1 N–H and O–H groups in total. The summed E-state index contributed by atoms with van der Waals surface area (Å²) in [5, 5.41) is 13.6. The van der Waals surface area contributed by atoms with Gasteiger partial charge in [0, 0.05) is 43.0 Å². The summed E-state index contributed by atoms with van der Waals surface area (Å²) in [5.74, 6) is -0.184. The largest absolute Gasteiger partial charge is 0.487 e. The van der Waals surface area contributed by atoms with E-state index in [9.17, 15) is 9.18 Å². The maximum absolute atomic E-state index is 14.5. The van der Waals surface area contributed by atoms with Gasteiger partial charge in [-0.1, -0.05) is 0 Å². The number of esters is 1. The summed E-state index contributed by atoms with van der Waals surface area (Å²) in [6.07, 6.45) is 8.73. The van der Waals surface area contributed by atoms with Crippen molar-refractivity contribution in [3.8, 4) is 17.0 Å². The third-order valence-corrected chi connectivity index (χ3v) is 6.56. The molecule has 0 amide bonds. The van der Waals surface area contributed by atoms with E-state index in [0.717, 1.165) is 66.3 Å². The molecule has 1 aromatic carbocycles. The molecule has 0 bridgehead atoms. The molecule has 0 unspecified atom stereocenters. The van der Waals surface area contributed by atoms with Crippen LogP contribution in [0.25, 0.3) is 22.2 Å². The van der Waals surface area contributed by atoms with Gasteiger partial charge in [-0.3, -0.25) is 9.36 Å². The standard InChI is InChI=1S/C26H29FN6O3/c1-4-28-24-12-22-20(14-29-24)25(17-13-30-32(2)15-17)31-33(22)18-6-8-19(9-7-18)36-23-10-5-16(11-21(23)27)26(34)35-3/h5,10-15,18-19H,4,6-9H2,1-3H3,(H,28,29)/t18-,19+. The highest BCUT2D eigenvalue weighted by atomic mass is 19.1. The molecule has 1 aliphatic rings. The van der Waals surface area contributed by atoms with Crippen LogP contribution in [-0.4, -0.2) is 50.3 Å². The molecule has 0 aliphatic heterocycles. The van der Waals surface area contributed by atoms with Gasteiger partial charge in [-0.15, -0.1) is 0 Å². The summed E-state index contributed by atoms with van der Waals surface area (Å²) in [6.45, 7) is 2.82. The van der Waals surface area contributed by atoms with Crippen molar-refractivity contribution < 1.29 is 18.7 Å². The summed E-state index contributed by atoms with van der Waals surface area (Å²) in [5.41, 5.74) is 2.99. The van der Waals surface area contributed by atoms with Crippen molar-refractivity contribution in [2.75, 3.05) is 19.0 Å². The van der Waals surface area contributed by atoms with Gasteiger partial charge in [0.2, 0.25) is 0 Å². The molecule has 36 heavy (non-hydrogen) atoms. The van der Waals surface area contributed by atoms with Crippen LogP contribution in [0.2, 0.25) is 0 Å². The van der Waals surface area contributed by atoms with Gasteiger partial charge in [-0.05, 0) is 50.8 Å². The third-order valence-electron chi connectivity index (χ3n) is 6.56. The van der Waals surface area contributed by atoms with Gasteiger partial charge < -0.3 is 14.8 Å². The Bertz CT molecular complexity index is 1390. The number of fused-ring (bicyclic) bond motifs is 1. The highest BCUT2D eigenvalue weighted by Crippen LogP contribution is 2.36. The second-order valence-corrected chi connectivity index (χ2v) is 9.00. The van der Waals surface area contributed by atoms with Gasteiger partial charge in [-0.25, -0.2) is 14.2 Å². The number of aryl methyl sites for hydroxylation is 1. The Morgan fingerprint density at radius 2 is 2.00 bits per heavy atom. The highest BCUT2D eigenvalue weighted by Gasteiger charge is 2.27. The van der Waals surface area contributed by atoms with Crippen LogP contribution in [-0.2, 0) is 11.8 Å². The smallest absolute Gasteiger partial charge is 0.337 e. The van der Waals surface area contributed by atoms with E-state index in [0.29, 0.717) is 0 Å². The number of anilines is 1. The van der Waals surface area contributed by atoms with Gasteiger partial charge >= 0.3 is 5.97 Å². The molecule has 1 aliphatic carbocycles. The monoisotopic (exact) mass is 492 g/mol. The molecule has 0 saturated heterocycles. The Hall–Kier alpha value is -3.95. The Morgan fingerprint density at radius 1 is 1.19 bits per heavy atom. The van der Waals surface area contributed by atoms with E-state index in [1.807, 2.05) is 38.6 Å². The Morgan fingerprint density at radius 3 is 2.67 bits per heavy atom. The number of benzene rings is 1. The molecule has 10 heteroatoms. The fourth-order valence-corrected chi connectivity index (χ4v) is 4.77. The zero-order valence-electron chi connectivity index (χ0n) is 20.6. The topological polar surface area (TPSA) is 96.1 Å². The maximum atomic E-state index is 14.5. The minimum absolute atomic E-state index is 0.113. The lowest BCUT2D eigenvalue weighted by Crippen LogP contribution is -2.26. The quantitative estimate of drug-likeness (QED) is 0.372. The average Bonchev–Trinajstić information content (AvgIpc) is 3.48. The molecular formula is C26H29FN6O3. The summed E-state index contributed by atoms with van der Waals surface area (Å²) in [6, 6.07) is 6.39. The van der Waals surface area contributed by atoms with Crippen molar-refractivity contribution in [1.29, 1.82) is 0 Å². The molecule has 3 heterocycles. The van der Waals surface area contributed by atoms with Crippen molar-refractivity contribution in [1.82, 2.24) is 24.5 Å². The summed E-state index contributed by atoms with van der Waals surface area (Å²) < 4.78 is 29.0. The van der Waals surface area contributed by atoms with Gasteiger partial charge in [0.05, 0.1) is 36.5 Å². The number of hydrogen-bond donors (Lipinski definition) is 1. The fourth-order valence-electron chi connectivity index (χ4n) is 4.77. The van der Waals surface area contributed by atoms with Crippen LogP contribution in [0, 0.1) is 5.82 Å². The lowest BCUT2D eigenvalue weighted by molar-refractivity contribution is 0.0600. The van der Waals surface area contributed by atoms with E-state index in [2.05, 4.69) is 24.8 Å². The number of carbonyl (C=O) groups excluding carboxylic acids is 1. The van der Waals surface area contributed by atoms with Gasteiger partial charge in [0.15, 0.2) is 11.6 Å². The summed E-state index contributed by atoms with van der Waals surface area (Å²) in [7, 11) is 3.15. The van der Waals surface area contributed by atoms with Gasteiger partial charge in [-0.2, -0.15) is 10.2 Å². The van der Waals surface area contributed by atoms with Crippen molar-refractivity contribution in [2.45, 2.75) is 44.8 Å². The van der Waals surface area contributed by atoms with Gasteiger partial charge in [0.25, 0.3) is 0 Å². The SMILES string of the molecule is CCNc1cc2c(cn1)c(-c1cnn(C)c1)nn2[C@H]1CC[C@@H](Oc2ccc(C(=O)OC)cc2F)CC1. The zero-order chi connectivity index (χ0) is 25.2. The first kappa shape index (κ1) is 23.8. The molecule has 5 rings (SSSR count). The second kappa shape index (κ2) is 9.96. The summed E-state index contributed by atoms with van der Waals surface area (Å²) in [4.78, 5) is 16.2. The molecule has 0 atom stereocenters. The first-order valence-electron chi connectivity index (χ1n) is 12.1. The molecule has 1 fully saturated rings. The van der Waals surface area contributed by atoms with Crippen LogP contribution >= 0.6 is 0 Å². The Kier molecular flexibility index (Phi) is 6.58. The van der Waals surface area contributed by atoms with Crippen LogP contribution in [0.4, 0.5) is 10.2 Å². The minimum atomic E-state index is -0.578. The second-order valence-electron chi connectivity index (χ2n) is 9.00. The number of rotatable bonds is 7. The summed E-state index contributed by atoms with van der Waals surface area (Å²) >= 11 is 0. The molecule has 1 saturated carbocycles. The number of halogens is 1. The number of methoxy groups -OCH3 is 1. The van der Waals surface area contributed by atoms with E-state index >= 15 is 0 Å². The predicted octanol–water partition coefficient (Wildman–Crippen LogP) is 4.75. The lowest BCUT2D eigenvalue weighted by Gasteiger charge is -2.29. The predicted molar refractivity (Wildman–Crippen MR) is 134 cm³/mol. The molecule has 4 aromatic rings. The van der Waals surface area contributed by atoms with Crippen LogP contribution in [0.1, 0.15) is 49.0 Å². The number of ether oxygens (including phenoxy) is 2. The molecule has 0 radical (unpaired) electrons. The van der Waals surface area contributed by atoms with Crippen LogP contribution in [0.15, 0.2) is 42.9 Å². The number of hydrogen-bond acceptors (Lipinski definition) is 7. The number of nitrogens with zero attached hydrogens (tertiary/aromatic N) is 5. The van der Waals surface area contributed by atoms with Crippen molar-refractivity contribution in [3.63, 3.8) is 0 Å². The lowest BCUT2D eigenvalue weighted by atomic mass is 9.93. The normalized spacial score (nSPS) is 17.8. The molecule has 0 spiro atoms. The molecular weight excluding hydrogens is 463 g/mol. The van der Waals surface area contributed by atoms with E-state index in [-0.39, 0.29) is 23.5 Å². The van der Waals surface area contributed by atoms with Crippen molar-refractivity contribution >= 4 is 22.7 Å². The number of nitrogens with one attached hydrogen (secondary N) is 1. The number of pyridine rings is 1. The first-order valence-corrected chi connectivity index (χ1v) is 12.1. The molecule has 3 aromatic heterocycles. The van der Waals surface area contributed by atoms with Crippen LogP contribution < -0.4 is 10.1 Å². The minimum Gasteiger partial charge on any atom is -0.487 e. The van der Waals surface area contributed by atoms with Gasteiger partial charge in [0.1, 0.15) is 11.5 Å². The molecule has 9 nitrogen and oxygen atoms in total. The van der Waals surface area contributed by atoms with Crippen molar-refractivity contribution in [2.24, 2.45) is 7.05 Å². The van der Waals surface area contributed by atoms with Crippen LogP contribution in [0.3, 0.4) is 0 Å². The number of aromatic nitrogens is 5. The zero-order valence-corrected chi connectivity index (χ0v) is 20.6. The van der Waals surface area contributed by atoms with E-state index in [1.54, 1.807) is 4.68 Å². The van der Waals surface area contributed by atoms with E-state index in [4.69, 9.17) is 9.84 Å². The molecule has 188 valence electrons. The van der Waals surface area contributed by atoms with Crippen molar-refractivity contribution in [3.05, 3.63) is 54.2 Å². The third kappa shape index (κ3) is 4.62. The maximum Gasteiger partial charge on any atom is 0.337 e. The van der Waals surface area contributed by atoms with Crippen LogP contribution in [0.5, 0.6) is 5.75 Å². The Balaban J connectivity index is 1.35. The fraction of sp³-hybridized carbons (Fsp3) is 0.385. The number of carbonyl (C=O) groups is 1. The Labute approximate surface area is 208 Å². The van der Waals surface area contributed by atoms with E-state index < -0.39 is 11.8 Å².